The van der Waals surface area contributed by atoms with E-state index in [2.05, 4.69) is 15.3 Å². The van der Waals surface area contributed by atoms with Gasteiger partial charge in [0.2, 0.25) is 0 Å². The van der Waals surface area contributed by atoms with Gasteiger partial charge in [-0.05, 0) is 30.3 Å². The number of benzene rings is 2. The molecule has 1 N–H and O–H groups in total. The normalized spacial score (nSPS) is 23.1. The van der Waals surface area contributed by atoms with Crippen molar-refractivity contribution in [2.45, 2.75) is 31.2 Å². The van der Waals surface area contributed by atoms with E-state index in [4.69, 9.17) is 30.5 Å². The maximum atomic E-state index is 15.1. The number of hydrogen-bond donors (Lipinski definition) is 1. The lowest BCUT2D eigenvalue weighted by molar-refractivity contribution is -0.116. The maximum Gasteiger partial charge on any atom is 0.195 e. The number of fused-ring (bicyclic) bond motifs is 2. The van der Waals surface area contributed by atoms with Gasteiger partial charge in [-0.2, -0.15) is 0 Å². The Bertz CT molecular complexity index is 1450. The number of likely N-dealkylation sites (tertiary alicyclic amines) is 1. The number of carbonyl (C=O) groups is 1. The summed E-state index contributed by atoms with van der Waals surface area (Å²) in [5.41, 5.74) is 1.56. The van der Waals surface area contributed by atoms with Crippen LogP contribution in [0.4, 0.5) is 20.3 Å². The first-order valence-electron chi connectivity index (χ1n) is 13.5. The van der Waals surface area contributed by atoms with Crippen LogP contribution in [0, 0.1) is 5.82 Å². The molecule has 0 unspecified atom stereocenters. The minimum Gasteiger partial charge on any atom is -0.488 e. The van der Waals surface area contributed by atoms with Crippen molar-refractivity contribution in [1.82, 2.24) is 14.9 Å². The van der Waals surface area contributed by atoms with Gasteiger partial charge in [-0.15, -0.1) is 0 Å². The third-order valence-corrected chi connectivity index (χ3v) is 7.66. The van der Waals surface area contributed by atoms with E-state index < -0.39 is 17.4 Å². The Morgan fingerprint density at radius 3 is 2.68 bits per heavy atom. The lowest BCUT2D eigenvalue weighted by atomic mass is 10.0. The molecule has 9 nitrogen and oxygen atoms in total. The first-order chi connectivity index (χ1) is 19.9. The third kappa shape index (κ3) is 6.49. The highest BCUT2D eigenvalue weighted by Gasteiger charge is 2.36. The predicted molar refractivity (Wildman–Crippen MR) is 148 cm³/mol. The number of halogens is 3. The maximum absolute atomic E-state index is 15.1. The summed E-state index contributed by atoms with van der Waals surface area (Å²) in [4.78, 5) is 23.8. The number of rotatable bonds is 9. The second-order valence-corrected chi connectivity index (χ2v) is 10.7. The minimum atomic E-state index is -0.819. The number of anilines is 2. The fourth-order valence-electron chi connectivity index (χ4n) is 5.24. The first kappa shape index (κ1) is 27.9. The highest BCUT2D eigenvalue weighted by atomic mass is 35.5. The number of aromatic nitrogens is 2. The SMILES string of the molecule is O=C(Cc1cc2c(Nc3ccc(F)c(Cl)c3)ncnc2cc1O[C@H]1CCOC1)/C(F)=C\CN1C[C@@H]2OCCO[C@H]2C1. The van der Waals surface area contributed by atoms with Crippen molar-refractivity contribution in [2.24, 2.45) is 0 Å². The minimum absolute atomic E-state index is 0.0243. The van der Waals surface area contributed by atoms with Crippen molar-refractivity contribution < 1.29 is 32.5 Å². The number of hydrogen-bond acceptors (Lipinski definition) is 9. The summed E-state index contributed by atoms with van der Waals surface area (Å²) in [5.74, 6) is -1.18. The molecule has 216 valence electrons. The molecule has 0 amide bonds. The topological polar surface area (TPSA) is 95.0 Å². The molecule has 0 radical (unpaired) electrons. The Hall–Kier alpha value is -3.22. The lowest BCUT2D eigenvalue weighted by Gasteiger charge is -2.24. The molecule has 3 aromatic rings. The van der Waals surface area contributed by atoms with Gasteiger partial charge in [0.05, 0.1) is 49.2 Å². The van der Waals surface area contributed by atoms with E-state index in [1.165, 1.54) is 30.6 Å². The molecule has 3 aliphatic rings. The van der Waals surface area contributed by atoms with Crippen LogP contribution in [0.3, 0.4) is 0 Å². The molecule has 3 aliphatic heterocycles. The van der Waals surface area contributed by atoms with Crippen molar-refractivity contribution in [3.8, 4) is 5.75 Å². The monoisotopic (exact) mass is 586 g/mol. The van der Waals surface area contributed by atoms with Gasteiger partial charge in [0.25, 0.3) is 0 Å². The van der Waals surface area contributed by atoms with Crippen LogP contribution in [0.25, 0.3) is 10.9 Å². The van der Waals surface area contributed by atoms with Crippen molar-refractivity contribution in [3.05, 3.63) is 65.0 Å². The zero-order valence-electron chi connectivity index (χ0n) is 22.2. The number of Topliss-reactive ketones (excluding diaryl/α,β-unsaturated/α-hetero) is 1. The number of allylic oxidation sites excluding steroid dienone is 1. The molecular weight excluding hydrogens is 558 g/mol. The summed E-state index contributed by atoms with van der Waals surface area (Å²) in [5, 5.41) is 3.66. The van der Waals surface area contributed by atoms with Gasteiger partial charge < -0.3 is 24.3 Å². The Morgan fingerprint density at radius 1 is 1.15 bits per heavy atom. The van der Waals surface area contributed by atoms with Crippen LogP contribution < -0.4 is 10.1 Å². The molecule has 0 spiro atoms. The quantitative estimate of drug-likeness (QED) is 0.366. The molecule has 4 heterocycles. The van der Waals surface area contributed by atoms with Crippen LogP contribution in [-0.4, -0.2) is 85.0 Å². The molecule has 2 aromatic carbocycles. The summed E-state index contributed by atoms with van der Waals surface area (Å²) in [6.45, 7) is 3.65. The summed E-state index contributed by atoms with van der Waals surface area (Å²) in [6.07, 6.45) is 2.93. The number of nitrogens with zero attached hydrogens (tertiary/aromatic N) is 3. The highest BCUT2D eigenvalue weighted by Crippen LogP contribution is 2.33. The molecule has 1 aromatic heterocycles. The number of ether oxygens (including phenoxy) is 4. The number of nitrogens with one attached hydrogen (secondary N) is 1. The van der Waals surface area contributed by atoms with E-state index in [1.807, 2.05) is 4.90 Å². The Labute approximate surface area is 240 Å². The van der Waals surface area contributed by atoms with Crippen molar-refractivity contribution in [2.75, 3.05) is 51.4 Å². The second-order valence-electron chi connectivity index (χ2n) is 10.2. The summed E-state index contributed by atoms with van der Waals surface area (Å²) in [7, 11) is 0. The van der Waals surface area contributed by atoms with Crippen molar-refractivity contribution in [3.63, 3.8) is 0 Å². The van der Waals surface area contributed by atoms with Crippen LogP contribution in [0.5, 0.6) is 5.75 Å². The molecule has 6 rings (SSSR count). The van der Waals surface area contributed by atoms with Gasteiger partial charge in [0.1, 0.15) is 29.8 Å². The van der Waals surface area contributed by atoms with E-state index in [1.54, 1.807) is 12.1 Å². The van der Waals surface area contributed by atoms with E-state index in [-0.39, 0.29) is 36.3 Å². The molecule has 3 atom stereocenters. The van der Waals surface area contributed by atoms with Crippen LogP contribution in [-0.2, 0) is 25.4 Å². The molecule has 0 bridgehead atoms. The van der Waals surface area contributed by atoms with Gasteiger partial charge in [-0.25, -0.2) is 18.7 Å². The summed E-state index contributed by atoms with van der Waals surface area (Å²) < 4.78 is 51.8. The molecular formula is C29H29ClF2N4O5. The van der Waals surface area contributed by atoms with E-state index in [9.17, 15) is 9.18 Å². The summed E-state index contributed by atoms with van der Waals surface area (Å²) >= 11 is 5.94. The molecule has 0 aliphatic carbocycles. The summed E-state index contributed by atoms with van der Waals surface area (Å²) in [6, 6.07) is 7.66. The van der Waals surface area contributed by atoms with Crippen molar-refractivity contribution in [1.29, 1.82) is 0 Å². The van der Waals surface area contributed by atoms with Crippen LogP contribution in [0.15, 0.2) is 48.6 Å². The Morgan fingerprint density at radius 2 is 1.95 bits per heavy atom. The van der Waals surface area contributed by atoms with Crippen molar-refractivity contribution >= 4 is 39.8 Å². The molecule has 41 heavy (non-hydrogen) atoms. The van der Waals surface area contributed by atoms with Gasteiger partial charge in [0, 0.05) is 55.2 Å². The van der Waals surface area contributed by atoms with Gasteiger partial charge >= 0.3 is 0 Å². The van der Waals surface area contributed by atoms with Gasteiger partial charge in [-0.3, -0.25) is 9.69 Å². The Balaban J connectivity index is 1.24. The molecule has 3 fully saturated rings. The zero-order chi connectivity index (χ0) is 28.3. The second kappa shape index (κ2) is 12.3. The molecule has 0 saturated carbocycles. The average molecular weight is 587 g/mol. The van der Waals surface area contributed by atoms with Crippen LogP contribution in [0.1, 0.15) is 12.0 Å². The predicted octanol–water partition coefficient (Wildman–Crippen LogP) is 4.40. The third-order valence-electron chi connectivity index (χ3n) is 7.37. The smallest absolute Gasteiger partial charge is 0.195 e. The highest BCUT2D eigenvalue weighted by molar-refractivity contribution is 6.31. The number of carbonyl (C=O) groups excluding carboxylic acids is 1. The van der Waals surface area contributed by atoms with E-state index in [0.29, 0.717) is 79.7 Å². The Kier molecular flexibility index (Phi) is 8.40. The van der Waals surface area contributed by atoms with Crippen LogP contribution >= 0.6 is 11.6 Å². The lowest BCUT2D eigenvalue weighted by Crippen LogP contribution is -2.36. The van der Waals surface area contributed by atoms with Gasteiger partial charge in [-0.1, -0.05) is 11.6 Å². The fourth-order valence-corrected chi connectivity index (χ4v) is 5.42. The number of ketones is 1. The largest absolute Gasteiger partial charge is 0.488 e. The van der Waals surface area contributed by atoms with Crippen LogP contribution in [0.2, 0.25) is 5.02 Å². The standard InChI is InChI=1S/C29H29ClF2N4O5/c30-21-11-18(1-2-22(21)31)35-29-20-9-17(26(12-24(20)33-16-34-29)41-19-4-6-38-15-19)10-25(37)23(32)3-5-36-13-27-28(14-36)40-8-7-39-27/h1-3,9,11-12,16,19,27-28H,4-8,10,13-15H2,(H,33,34,35)/b23-3+/t19-,27-,28-/m0/s1. The average Bonchev–Trinajstić information content (AvgIpc) is 3.64. The van der Waals surface area contributed by atoms with Gasteiger partial charge in [0.15, 0.2) is 11.6 Å². The zero-order valence-corrected chi connectivity index (χ0v) is 22.9. The molecule has 12 heteroatoms. The van der Waals surface area contributed by atoms with E-state index in [0.717, 1.165) is 0 Å². The van der Waals surface area contributed by atoms with E-state index >= 15 is 4.39 Å². The molecule has 3 saturated heterocycles. The fraction of sp³-hybridized carbons (Fsp3) is 0.414. The first-order valence-corrected chi connectivity index (χ1v) is 13.9.